The maximum absolute atomic E-state index is 4.81. The van der Waals surface area contributed by atoms with Gasteiger partial charge >= 0.3 is 0 Å². The molecule has 2 aromatic heterocycles. The molecule has 2 rings (SSSR count). The van der Waals surface area contributed by atoms with E-state index in [9.17, 15) is 0 Å². The lowest BCUT2D eigenvalue weighted by molar-refractivity contribution is 0.437. The van der Waals surface area contributed by atoms with Gasteiger partial charge in [-0.2, -0.15) is 5.10 Å². The number of nitrogens with zero attached hydrogens (tertiary/aromatic N) is 5. The zero-order chi connectivity index (χ0) is 18.4. The van der Waals surface area contributed by atoms with Crippen molar-refractivity contribution in [2.75, 3.05) is 20.1 Å². The third-order valence-corrected chi connectivity index (χ3v) is 4.73. The monoisotopic (exact) mass is 362 g/mol. The number of aliphatic imine (C=N–C) groups is 1. The predicted molar refractivity (Wildman–Crippen MR) is 105 cm³/mol. The maximum Gasteiger partial charge on any atom is 0.194 e. The molecule has 0 saturated carbocycles. The van der Waals surface area contributed by atoms with Crippen LogP contribution in [-0.2, 0) is 13.1 Å². The first-order chi connectivity index (χ1) is 11.9. The molecule has 138 valence electrons. The average Bonchev–Trinajstić information content (AvgIpc) is 3.08. The standard InChI is InChI=1S/C18H30N6S/c1-7-19-18(23(6)11-17-12-25-16(5)21-17)20-9-13(2)10-24-15(4)8-14(3)22-24/h8,12-13H,7,9-11H2,1-6H3,(H,19,20). The van der Waals surface area contributed by atoms with E-state index in [2.05, 4.69) is 64.2 Å². The van der Waals surface area contributed by atoms with Crippen molar-refractivity contribution in [2.45, 2.75) is 47.7 Å². The number of aryl methyl sites for hydroxylation is 3. The van der Waals surface area contributed by atoms with Crippen LogP contribution in [0, 0.1) is 26.7 Å². The molecule has 0 spiro atoms. The molecule has 25 heavy (non-hydrogen) atoms. The van der Waals surface area contributed by atoms with Crippen LogP contribution in [-0.4, -0.2) is 45.8 Å². The van der Waals surface area contributed by atoms with E-state index in [0.717, 1.165) is 48.5 Å². The lowest BCUT2D eigenvalue weighted by Crippen LogP contribution is -2.39. The second-order valence-electron chi connectivity index (χ2n) is 6.62. The van der Waals surface area contributed by atoms with Crippen molar-refractivity contribution in [2.24, 2.45) is 10.9 Å². The molecule has 0 radical (unpaired) electrons. The van der Waals surface area contributed by atoms with Gasteiger partial charge in [0, 0.05) is 37.8 Å². The Balaban J connectivity index is 1.96. The topological polar surface area (TPSA) is 58.3 Å². The molecular formula is C18H30N6S. The highest BCUT2D eigenvalue weighted by atomic mass is 32.1. The molecule has 2 aromatic rings. The molecule has 6 nitrogen and oxygen atoms in total. The van der Waals surface area contributed by atoms with Crippen LogP contribution in [0.25, 0.3) is 0 Å². The summed E-state index contributed by atoms with van der Waals surface area (Å²) in [6.07, 6.45) is 0. The molecule has 0 saturated heterocycles. The van der Waals surface area contributed by atoms with E-state index in [1.807, 2.05) is 13.8 Å². The lowest BCUT2D eigenvalue weighted by atomic mass is 10.2. The number of thiazole rings is 1. The molecule has 7 heteroatoms. The molecule has 0 bridgehead atoms. The molecule has 1 N–H and O–H groups in total. The second-order valence-corrected chi connectivity index (χ2v) is 7.69. The first-order valence-electron chi connectivity index (χ1n) is 8.80. The summed E-state index contributed by atoms with van der Waals surface area (Å²) >= 11 is 1.69. The Kier molecular flexibility index (Phi) is 6.99. The maximum atomic E-state index is 4.81. The van der Waals surface area contributed by atoms with Crippen molar-refractivity contribution in [3.8, 4) is 0 Å². The van der Waals surface area contributed by atoms with Crippen molar-refractivity contribution in [1.29, 1.82) is 0 Å². The molecular weight excluding hydrogens is 332 g/mol. The van der Waals surface area contributed by atoms with Gasteiger partial charge in [0.2, 0.25) is 0 Å². The van der Waals surface area contributed by atoms with Crippen LogP contribution in [0.1, 0.15) is 35.9 Å². The number of nitrogens with one attached hydrogen (secondary N) is 1. The Morgan fingerprint density at radius 2 is 2.16 bits per heavy atom. The third kappa shape index (κ3) is 5.85. The molecule has 0 fully saturated rings. The average molecular weight is 363 g/mol. The van der Waals surface area contributed by atoms with Crippen LogP contribution in [0.2, 0.25) is 0 Å². The minimum atomic E-state index is 0.418. The third-order valence-electron chi connectivity index (χ3n) is 3.90. The van der Waals surface area contributed by atoms with Gasteiger partial charge in [-0.05, 0) is 39.7 Å². The lowest BCUT2D eigenvalue weighted by Gasteiger charge is -2.22. The van der Waals surface area contributed by atoms with Gasteiger partial charge in [0.05, 0.1) is 22.9 Å². The minimum Gasteiger partial charge on any atom is -0.357 e. The minimum absolute atomic E-state index is 0.418. The summed E-state index contributed by atoms with van der Waals surface area (Å²) in [7, 11) is 2.06. The van der Waals surface area contributed by atoms with Gasteiger partial charge in [0.1, 0.15) is 0 Å². The number of rotatable bonds is 7. The SMILES string of the molecule is CCNC(=NCC(C)Cn1nc(C)cc1C)N(C)Cc1csc(C)n1. The van der Waals surface area contributed by atoms with E-state index in [0.29, 0.717) is 5.92 Å². The van der Waals surface area contributed by atoms with Crippen LogP contribution in [0.5, 0.6) is 0 Å². The molecule has 0 aliphatic rings. The smallest absolute Gasteiger partial charge is 0.194 e. The zero-order valence-corrected chi connectivity index (χ0v) is 17.0. The van der Waals surface area contributed by atoms with E-state index in [1.165, 1.54) is 5.69 Å². The van der Waals surface area contributed by atoms with E-state index in [4.69, 9.17) is 4.99 Å². The quantitative estimate of drug-likeness (QED) is 0.608. The van der Waals surface area contributed by atoms with Crippen LogP contribution in [0.3, 0.4) is 0 Å². The molecule has 1 unspecified atom stereocenters. The van der Waals surface area contributed by atoms with Gasteiger partial charge in [0.25, 0.3) is 0 Å². The Labute approximate surface area is 155 Å². The number of aromatic nitrogens is 3. The Hall–Kier alpha value is -1.89. The van der Waals surface area contributed by atoms with Gasteiger partial charge in [0.15, 0.2) is 5.96 Å². The summed E-state index contributed by atoms with van der Waals surface area (Å²) in [6.45, 7) is 13.7. The largest absolute Gasteiger partial charge is 0.357 e. The van der Waals surface area contributed by atoms with Gasteiger partial charge in [-0.1, -0.05) is 6.92 Å². The summed E-state index contributed by atoms with van der Waals surface area (Å²) in [6, 6.07) is 2.11. The van der Waals surface area contributed by atoms with Gasteiger partial charge < -0.3 is 10.2 Å². The molecule has 0 aliphatic carbocycles. The highest BCUT2D eigenvalue weighted by Gasteiger charge is 2.11. The number of hydrogen-bond donors (Lipinski definition) is 1. The van der Waals surface area contributed by atoms with Crippen molar-refractivity contribution in [3.05, 3.63) is 33.5 Å². The highest BCUT2D eigenvalue weighted by Crippen LogP contribution is 2.10. The normalized spacial score (nSPS) is 13.1. The fraction of sp³-hybridized carbons (Fsp3) is 0.611. The fourth-order valence-corrected chi connectivity index (χ4v) is 3.33. The van der Waals surface area contributed by atoms with Crippen LogP contribution < -0.4 is 5.32 Å². The number of hydrogen-bond acceptors (Lipinski definition) is 4. The first-order valence-corrected chi connectivity index (χ1v) is 9.68. The molecule has 0 aliphatic heterocycles. The van der Waals surface area contributed by atoms with Crippen LogP contribution >= 0.6 is 11.3 Å². The summed E-state index contributed by atoms with van der Waals surface area (Å²) in [5.41, 5.74) is 3.36. The second kappa shape index (κ2) is 8.99. The first kappa shape index (κ1) is 19.4. The van der Waals surface area contributed by atoms with Gasteiger partial charge in [-0.15, -0.1) is 11.3 Å². The van der Waals surface area contributed by atoms with E-state index >= 15 is 0 Å². The van der Waals surface area contributed by atoms with Gasteiger partial charge in [-0.25, -0.2) is 4.98 Å². The summed E-state index contributed by atoms with van der Waals surface area (Å²) in [5.74, 6) is 1.34. The van der Waals surface area contributed by atoms with Crippen molar-refractivity contribution >= 4 is 17.3 Å². The highest BCUT2D eigenvalue weighted by molar-refractivity contribution is 7.09. The Morgan fingerprint density at radius 1 is 1.40 bits per heavy atom. The van der Waals surface area contributed by atoms with E-state index in [-0.39, 0.29) is 0 Å². The van der Waals surface area contributed by atoms with E-state index in [1.54, 1.807) is 11.3 Å². The molecule has 1 atom stereocenters. The summed E-state index contributed by atoms with van der Waals surface area (Å²) in [4.78, 5) is 11.5. The van der Waals surface area contributed by atoms with Gasteiger partial charge in [-0.3, -0.25) is 9.67 Å². The van der Waals surface area contributed by atoms with Crippen LogP contribution in [0.4, 0.5) is 0 Å². The molecule has 0 aromatic carbocycles. The molecule has 2 heterocycles. The molecule has 0 amide bonds. The zero-order valence-electron chi connectivity index (χ0n) is 16.2. The van der Waals surface area contributed by atoms with Crippen molar-refractivity contribution in [1.82, 2.24) is 25.0 Å². The predicted octanol–water partition coefficient (Wildman–Crippen LogP) is 3.00. The van der Waals surface area contributed by atoms with E-state index < -0.39 is 0 Å². The summed E-state index contributed by atoms with van der Waals surface area (Å²) in [5, 5.41) is 11.1. The van der Waals surface area contributed by atoms with Crippen molar-refractivity contribution < 1.29 is 0 Å². The fourth-order valence-electron chi connectivity index (χ4n) is 2.72. The Morgan fingerprint density at radius 3 is 2.72 bits per heavy atom. The number of guanidine groups is 1. The van der Waals surface area contributed by atoms with Crippen molar-refractivity contribution in [3.63, 3.8) is 0 Å². The summed E-state index contributed by atoms with van der Waals surface area (Å²) < 4.78 is 2.07. The Bertz CT molecular complexity index is 702. The van der Waals surface area contributed by atoms with Crippen LogP contribution in [0.15, 0.2) is 16.4 Å².